The molecular formula is C27H57I2NO. The highest BCUT2D eigenvalue weighted by Gasteiger charge is 2.05. The number of hydrogen-bond donors (Lipinski definition) is 2. The molecule has 0 aromatic rings. The number of nitrogens with one attached hydrogen (secondary N) is 1. The molecule has 0 fully saturated rings. The number of aliphatic hydroxyl groups excluding tert-OH is 1. The zero-order valence-electron chi connectivity index (χ0n) is 21.4. The molecule has 31 heavy (non-hydrogen) atoms. The first-order valence-corrected chi connectivity index (χ1v) is 14.9. The number of hydrogen-bond acceptors (Lipinski definition) is 1. The molecule has 0 spiro atoms. The minimum absolute atomic E-state index is 0. The van der Waals surface area contributed by atoms with Gasteiger partial charge in [0.15, 0.2) is 0 Å². The number of aliphatic hydroxyl groups is 1. The molecule has 0 bridgehead atoms. The van der Waals surface area contributed by atoms with Gasteiger partial charge in [-0.3, -0.25) is 0 Å². The smallest absolute Gasteiger partial charge is 0.0776 e. The lowest BCUT2D eigenvalue weighted by atomic mass is 10.0. The zero-order chi connectivity index (χ0) is 22.3. The van der Waals surface area contributed by atoms with Crippen LogP contribution in [0.4, 0.5) is 0 Å². The number of quaternary nitrogens is 1. The van der Waals surface area contributed by atoms with Crippen LogP contribution >= 0.6 is 22.6 Å². The lowest BCUT2D eigenvalue weighted by Gasteiger charge is -2.11. The first-order chi connectivity index (χ1) is 14.5. The molecule has 0 aromatic carbocycles. The summed E-state index contributed by atoms with van der Waals surface area (Å²) < 4.78 is 0.892. The standard InChI is InChI=1S/C27H56INO.HI/c1-26(30)22-20-18-16-14-12-10-8-6-4-5-7-9-11-13-15-17-19-21-23-27(28)24-25-29(2)3;/h26-27,30H,4-25H2,1-3H3;1H. The van der Waals surface area contributed by atoms with Crippen molar-refractivity contribution in [1.82, 2.24) is 0 Å². The van der Waals surface area contributed by atoms with Crippen molar-refractivity contribution in [1.29, 1.82) is 0 Å². The molecule has 2 N–H and O–H groups in total. The fourth-order valence-corrected chi connectivity index (χ4v) is 4.98. The van der Waals surface area contributed by atoms with Gasteiger partial charge in [-0.2, -0.15) is 0 Å². The fraction of sp³-hybridized carbons (Fsp3) is 1.00. The van der Waals surface area contributed by atoms with Crippen LogP contribution in [-0.2, 0) is 0 Å². The van der Waals surface area contributed by atoms with Gasteiger partial charge in [-0.1, -0.05) is 138 Å². The van der Waals surface area contributed by atoms with E-state index in [1.54, 1.807) is 4.90 Å². The summed E-state index contributed by atoms with van der Waals surface area (Å²) in [4.78, 5) is 1.59. The van der Waals surface area contributed by atoms with Crippen molar-refractivity contribution in [2.75, 3.05) is 20.6 Å². The van der Waals surface area contributed by atoms with Crippen LogP contribution in [0.1, 0.15) is 142 Å². The Morgan fingerprint density at radius 2 is 0.839 bits per heavy atom. The van der Waals surface area contributed by atoms with Gasteiger partial charge in [0.2, 0.25) is 0 Å². The third-order valence-electron chi connectivity index (χ3n) is 6.35. The van der Waals surface area contributed by atoms with Gasteiger partial charge < -0.3 is 34.0 Å². The van der Waals surface area contributed by atoms with E-state index in [2.05, 4.69) is 36.7 Å². The third-order valence-corrected chi connectivity index (χ3v) is 7.59. The summed E-state index contributed by atoms with van der Waals surface area (Å²) in [5.41, 5.74) is 0. The fourth-order valence-electron chi connectivity index (χ4n) is 4.22. The average Bonchev–Trinajstić information content (AvgIpc) is 2.70. The second kappa shape index (κ2) is 27.6. The number of unbranched alkanes of at least 4 members (excludes halogenated alkanes) is 17. The summed E-state index contributed by atoms with van der Waals surface area (Å²) >= 11 is 2.66. The Bertz CT molecular complexity index is 326. The SMILES string of the molecule is CC(O)CCCCCCCCCCCCCCCCCCCCC(I)CC[NH+](C)C.[I-]. The van der Waals surface area contributed by atoms with Gasteiger partial charge in [-0.25, -0.2) is 0 Å². The molecule has 2 nitrogen and oxygen atoms in total. The second-order valence-corrected chi connectivity index (χ2v) is 11.9. The van der Waals surface area contributed by atoms with Crippen LogP contribution in [0.25, 0.3) is 0 Å². The zero-order valence-corrected chi connectivity index (χ0v) is 25.7. The molecule has 0 amide bonds. The molecule has 0 saturated heterocycles. The Labute approximate surface area is 227 Å². The van der Waals surface area contributed by atoms with E-state index in [4.69, 9.17) is 0 Å². The highest BCUT2D eigenvalue weighted by Crippen LogP contribution is 2.17. The molecule has 0 heterocycles. The number of rotatable bonds is 24. The largest absolute Gasteiger partial charge is 1.00 e. The molecule has 0 rings (SSSR count). The van der Waals surface area contributed by atoms with Crippen LogP contribution in [0.3, 0.4) is 0 Å². The predicted molar refractivity (Wildman–Crippen MR) is 144 cm³/mol. The number of alkyl halides is 1. The Morgan fingerprint density at radius 3 is 1.13 bits per heavy atom. The maximum atomic E-state index is 9.24. The van der Waals surface area contributed by atoms with E-state index in [9.17, 15) is 5.11 Å². The Balaban J connectivity index is 0. The van der Waals surface area contributed by atoms with Crippen molar-refractivity contribution < 1.29 is 34.0 Å². The Morgan fingerprint density at radius 1 is 0.548 bits per heavy atom. The van der Waals surface area contributed by atoms with Gasteiger partial charge in [0.05, 0.1) is 26.7 Å². The molecule has 190 valence electrons. The Kier molecular flexibility index (Phi) is 30.8. The maximum Gasteiger partial charge on any atom is 0.0776 e. The van der Waals surface area contributed by atoms with Crippen molar-refractivity contribution in [2.24, 2.45) is 0 Å². The van der Waals surface area contributed by atoms with Crippen LogP contribution in [-0.4, -0.2) is 35.8 Å². The van der Waals surface area contributed by atoms with Crippen LogP contribution in [0.15, 0.2) is 0 Å². The van der Waals surface area contributed by atoms with E-state index in [0.717, 1.165) is 10.3 Å². The van der Waals surface area contributed by atoms with E-state index >= 15 is 0 Å². The molecule has 0 aromatic heterocycles. The van der Waals surface area contributed by atoms with Crippen LogP contribution < -0.4 is 28.9 Å². The quantitative estimate of drug-likeness (QED) is 0.0887. The van der Waals surface area contributed by atoms with Crippen molar-refractivity contribution in [3.63, 3.8) is 0 Å². The number of halogens is 2. The van der Waals surface area contributed by atoms with E-state index in [-0.39, 0.29) is 30.1 Å². The van der Waals surface area contributed by atoms with Crippen molar-refractivity contribution in [2.45, 2.75) is 152 Å². The van der Waals surface area contributed by atoms with Gasteiger partial charge in [-0.05, 0) is 19.8 Å². The Hall–Kier alpha value is 1.38. The minimum Gasteiger partial charge on any atom is -1.00 e. The monoisotopic (exact) mass is 665 g/mol. The van der Waals surface area contributed by atoms with E-state index in [0.29, 0.717) is 0 Å². The molecule has 0 aliphatic heterocycles. The van der Waals surface area contributed by atoms with E-state index in [1.165, 1.54) is 135 Å². The highest BCUT2D eigenvalue weighted by atomic mass is 127. The van der Waals surface area contributed by atoms with Gasteiger partial charge in [0.1, 0.15) is 0 Å². The maximum absolute atomic E-state index is 9.24. The van der Waals surface area contributed by atoms with Gasteiger partial charge in [0, 0.05) is 10.3 Å². The molecule has 0 aliphatic rings. The lowest BCUT2D eigenvalue weighted by molar-refractivity contribution is -0.858. The van der Waals surface area contributed by atoms with Gasteiger partial charge in [0.25, 0.3) is 0 Å². The van der Waals surface area contributed by atoms with Crippen molar-refractivity contribution in [3.05, 3.63) is 0 Å². The van der Waals surface area contributed by atoms with Crippen LogP contribution in [0, 0.1) is 0 Å². The average molecular weight is 666 g/mol. The molecule has 2 atom stereocenters. The summed E-state index contributed by atoms with van der Waals surface area (Å²) in [6.07, 6.45) is 29.3. The summed E-state index contributed by atoms with van der Waals surface area (Å²) in [6, 6.07) is 0. The first kappa shape index (κ1) is 34.5. The summed E-state index contributed by atoms with van der Waals surface area (Å²) in [5, 5.41) is 9.24. The normalized spacial score (nSPS) is 13.4. The molecule has 4 heteroatoms. The van der Waals surface area contributed by atoms with Crippen molar-refractivity contribution >= 4 is 22.6 Å². The minimum atomic E-state index is -0.104. The predicted octanol–water partition coefficient (Wildman–Crippen LogP) is 4.51. The van der Waals surface area contributed by atoms with Gasteiger partial charge >= 0.3 is 0 Å². The van der Waals surface area contributed by atoms with Crippen molar-refractivity contribution in [3.8, 4) is 0 Å². The molecular weight excluding hydrogens is 608 g/mol. The van der Waals surface area contributed by atoms with Crippen LogP contribution in [0.5, 0.6) is 0 Å². The molecule has 0 radical (unpaired) electrons. The summed E-state index contributed by atoms with van der Waals surface area (Å²) in [5.74, 6) is 0. The van der Waals surface area contributed by atoms with Gasteiger partial charge in [-0.15, -0.1) is 0 Å². The highest BCUT2D eigenvalue weighted by molar-refractivity contribution is 14.1. The van der Waals surface area contributed by atoms with E-state index in [1.807, 2.05) is 6.92 Å². The van der Waals surface area contributed by atoms with Crippen LogP contribution in [0.2, 0.25) is 0 Å². The topological polar surface area (TPSA) is 24.7 Å². The molecule has 0 saturated carbocycles. The van der Waals surface area contributed by atoms with E-state index < -0.39 is 0 Å². The lowest BCUT2D eigenvalue weighted by Crippen LogP contribution is -3.05. The summed E-state index contributed by atoms with van der Waals surface area (Å²) in [7, 11) is 4.52. The third kappa shape index (κ3) is 31.4. The molecule has 0 aliphatic carbocycles. The molecule has 2 unspecified atom stereocenters. The second-order valence-electron chi connectivity index (χ2n) is 10.1. The summed E-state index contributed by atoms with van der Waals surface area (Å²) in [6.45, 7) is 3.22. The first-order valence-electron chi connectivity index (χ1n) is 13.6.